The fourth-order valence-corrected chi connectivity index (χ4v) is 4.31. The summed E-state index contributed by atoms with van der Waals surface area (Å²) in [7, 11) is 0. The van der Waals surface area contributed by atoms with E-state index in [-0.39, 0.29) is 28.3 Å². The Kier molecular flexibility index (Phi) is 6.33. The minimum absolute atomic E-state index is 0.0218. The van der Waals surface area contributed by atoms with Crippen molar-refractivity contribution < 1.29 is 9.18 Å². The van der Waals surface area contributed by atoms with E-state index in [9.17, 15) is 9.18 Å². The van der Waals surface area contributed by atoms with Crippen LogP contribution in [0.2, 0.25) is 10.0 Å². The Bertz CT molecular complexity index is 866. The average molecular weight is 423 g/mol. The van der Waals surface area contributed by atoms with Crippen LogP contribution in [0.3, 0.4) is 0 Å². The van der Waals surface area contributed by atoms with Crippen LogP contribution in [0.5, 0.6) is 0 Å². The minimum Gasteiger partial charge on any atom is -0.326 e. The van der Waals surface area contributed by atoms with Gasteiger partial charge in [0.05, 0.1) is 10.9 Å². The van der Waals surface area contributed by atoms with E-state index in [0.29, 0.717) is 22.8 Å². The summed E-state index contributed by atoms with van der Waals surface area (Å²) in [5.41, 5.74) is 1.13. The Hall–Kier alpha value is -1.62. The number of hydrogen-bond acceptors (Lipinski definition) is 2. The van der Waals surface area contributed by atoms with E-state index in [0.717, 1.165) is 6.42 Å². The highest BCUT2D eigenvalue weighted by Gasteiger charge is 2.43. The van der Waals surface area contributed by atoms with E-state index in [1.807, 2.05) is 0 Å². The van der Waals surface area contributed by atoms with Crippen molar-refractivity contribution in [2.24, 2.45) is 11.3 Å². The molecule has 2 N–H and O–H groups in total. The minimum atomic E-state index is -0.451. The van der Waals surface area contributed by atoms with Crippen LogP contribution in [-0.2, 0) is 4.79 Å². The molecule has 6 heteroatoms. The molecule has 0 aromatic heterocycles. The number of carbonyl (C=O) groups is 1. The van der Waals surface area contributed by atoms with Crippen LogP contribution in [0.25, 0.3) is 0 Å². The number of halogens is 3. The van der Waals surface area contributed by atoms with Gasteiger partial charge in [-0.3, -0.25) is 4.79 Å². The van der Waals surface area contributed by atoms with Crippen molar-refractivity contribution in [3.63, 3.8) is 0 Å². The largest absolute Gasteiger partial charge is 0.326 e. The van der Waals surface area contributed by atoms with Crippen LogP contribution in [0, 0.1) is 17.2 Å². The summed E-state index contributed by atoms with van der Waals surface area (Å²) in [6, 6.07) is 11.9. The first-order valence-corrected chi connectivity index (χ1v) is 10.1. The van der Waals surface area contributed by atoms with Gasteiger partial charge in [0, 0.05) is 29.2 Å². The number of rotatable bonds is 4. The van der Waals surface area contributed by atoms with Gasteiger partial charge < -0.3 is 10.6 Å². The quantitative estimate of drug-likeness (QED) is 0.645. The van der Waals surface area contributed by atoms with Gasteiger partial charge in [0.1, 0.15) is 5.82 Å². The zero-order valence-corrected chi connectivity index (χ0v) is 17.7. The smallest absolute Gasteiger partial charge is 0.229 e. The van der Waals surface area contributed by atoms with Crippen molar-refractivity contribution >= 4 is 34.8 Å². The molecule has 1 aliphatic rings. The Labute approximate surface area is 175 Å². The van der Waals surface area contributed by atoms with Gasteiger partial charge in [0.25, 0.3) is 0 Å². The summed E-state index contributed by atoms with van der Waals surface area (Å²) in [6.45, 7) is 6.92. The highest BCUT2D eigenvalue weighted by Crippen LogP contribution is 2.39. The average Bonchev–Trinajstić information content (AvgIpc) is 2.99. The van der Waals surface area contributed by atoms with Crippen molar-refractivity contribution in [2.75, 3.05) is 11.9 Å². The molecule has 2 aromatic rings. The van der Waals surface area contributed by atoms with E-state index in [1.54, 1.807) is 36.4 Å². The predicted octanol–water partition coefficient (Wildman–Crippen LogP) is 5.88. The van der Waals surface area contributed by atoms with Crippen molar-refractivity contribution in [1.82, 2.24) is 5.32 Å². The molecule has 3 atom stereocenters. The topological polar surface area (TPSA) is 41.1 Å². The number of amides is 1. The van der Waals surface area contributed by atoms with Gasteiger partial charge in [-0.15, -0.1) is 0 Å². The molecule has 0 saturated carbocycles. The molecule has 150 valence electrons. The number of anilines is 1. The van der Waals surface area contributed by atoms with Crippen LogP contribution in [0.4, 0.5) is 10.1 Å². The third-order valence-electron chi connectivity index (χ3n) is 5.08. The van der Waals surface area contributed by atoms with Gasteiger partial charge in [0.15, 0.2) is 0 Å². The van der Waals surface area contributed by atoms with E-state index >= 15 is 0 Å². The molecule has 28 heavy (non-hydrogen) atoms. The molecular formula is C22H25Cl2FN2O. The van der Waals surface area contributed by atoms with Crippen LogP contribution in [0.15, 0.2) is 42.5 Å². The lowest BCUT2D eigenvalue weighted by Crippen LogP contribution is -2.38. The van der Waals surface area contributed by atoms with Crippen LogP contribution < -0.4 is 10.6 Å². The van der Waals surface area contributed by atoms with Crippen molar-refractivity contribution in [1.29, 1.82) is 0 Å². The summed E-state index contributed by atoms with van der Waals surface area (Å²) in [5.74, 6) is -1.32. The zero-order chi connectivity index (χ0) is 20.5. The van der Waals surface area contributed by atoms with Crippen molar-refractivity contribution in [3.05, 3.63) is 63.9 Å². The third kappa shape index (κ3) is 4.86. The first-order chi connectivity index (χ1) is 13.2. The summed E-state index contributed by atoms with van der Waals surface area (Å²) < 4.78 is 14.7. The zero-order valence-electron chi connectivity index (χ0n) is 16.2. The molecule has 3 rings (SSSR count). The SMILES string of the molecule is CC(C)(C)CC1NC[C@H](c2cccc(Cl)c2F)C1C(=O)Nc1cccc(Cl)c1. The summed E-state index contributed by atoms with van der Waals surface area (Å²) in [5, 5.41) is 7.02. The normalized spacial score (nSPS) is 22.3. The third-order valence-corrected chi connectivity index (χ3v) is 5.60. The molecule has 1 saturated heterocycles. The lowest BCUT2D eigenvalue weighted by molar-refractivity contribution is -0.120. The van der Waals surface area contributed by atoms with Gasteiger partial charge in [-0.25, -0.2) is 4.39 Å². The van der Waals surface area contributed by atoms with Gasteiger partial charge >= 0.3 is 0 Å². The first-order valence-electron chi connectivity index (χ1n) is 9.39. The number of nitrogens with one attached hydrogen (secondary N) is 2. The molecule has 2 aromatic carbocycles. The summed E-state index contributed by atoms with van der Waals surface area (Å²) in [6.07, 6.45) is 0.791. The lowest BCUT2D eigenvalue weighted by Gasteiger charge is -2.29. The Balaban J connectivity index is 1.93. The maximum atomic E-state index is 14.7. The maximum Gasteiger partial charge on any atom is 0.229 e. The van der Waals surface area contributed by atoms with E-state index in [4.69, 9.17) is 23.2 Å². The fourth-order valence-electron chi connectivity index (χ4n) is 3.94. The molecule has 1 aliphatic heterocycles. The predicted molar refractivity (Wildman–Crippen MR) is 114 cm³/mol. The Morgan fingerprint density at radius 1 is 1.21 bits per heavy atom. The second-order valence-electron chi connectivity index (χ2n) is 8.55. The Morgan fingerprint density at radius 3 is 2.61 bits per heavy atom. The molecule has 1 fully saturated rings. The van der Waals surface area contributed by atoms with Crippen LogP contribution in [-0.4, -0.2) is 18.5 Å². The van der Waals surface area contributed by atoms with E-state index in [2.05, 4.69) is 31.4 Å². The molecule has 2 unspecified atom stereocenters. The first kappa shape index (κ1) is 21.1. The number of carbonyl (C=O) groups excluding carboxylic acids is 1. The van der Waals surface area contributed by atoms with Gasteiger partial charge in [-0.05, 0) is 41.7 Å². The second-order valence-corrected chi connectivity index (χ2v) is 9.40. The van der Waals surface area contributed by atoms with Crippen LogP contribution >= 0.6 is 23.2 Å². The van der Waals surface area contributed by atoms with E-state index < -0.39 is 11.7 Å². The molecular weight excluding hydrogens is 398 g/mol. The van der Waals surface area contributed by atoms with Crippen LogP contribution in [0.1, 0.15) is 38.7 Å². The van der Waals surface area contributed by atoms with E-state index in [1.165, 1.54) is 6.07 Å². The molecule has 0 bridgehead atoms. The standard InChI is InChI=1S/C22H25Cl2FN2O/c1-22(2,3)11-18-19(21(28)27-14-7-4-6-13(23)10-14)16(12-26-18)15-8-5-9-17(24)20(15)25/h4-10,16,18-19,26H,11-12H2,1-3H3,(H,27,28)/t16-,18?,19?/m1/s1. The molecule has 1 heterocycles. The van der Waals surface area contributed by atoms with Gasteiger partial charge in [-0.2, -0.15) is 0 Å². The number of hydrogen-bond donors (Lipinski definition) is 2. The van der Waals surface area contributed by atoms with Gasteiger partial charge in [0.2, 0.25) is 5.91 Å². The number of benzene rings is 2. The summed E-state index contributed by atoms with van der Waals surface area (Å²) in [4.78, 5) is 13.3. The lowest BCUT2D eigenvalue weighted by atomic mass is 9.78. The highest BCUT2D eigenvalue weighted by atomic mass is 35.5. The summed E-state index contributed by atoms with van der Waals surface area (Å²) >= 11 is 12.0. The van der Waals surface area contributed by atoms with Crippen molar-refractivity contribution in [3.8, 4) is 0 Å². The monoisotopic (exact) mass is 422 g/mol. The molecule has 0 aliphatic carbocycles. The fraction of sp³-hybridized carbons (Fsp3) is 0.409. The maximum absolute atomic E-state index is 14.7. The molecule has 3 nitrogen and oxygen atoms in total. The molecule has 0 spiro atoms. The van der Waals surface area contributed by atoms with Crippen molar-refractivity contribution in [2.45, 2.75) is 39.2 Å². The second kappa shape index (κ2) is 8.40. The Morgan fingerprint density at radius 2 is 1.93 bits per heavy atom. The molecule has 0 radical (unpaired) electrons. The highest BCUT2D eigenvalue weighted by molar-refractivity contribution is 6.31. The van der Waals surface area contributed by atoms with Gasteiger partial charge in [-0.1, -0.05) is 62.2 Å². The molecule has 1 amide bonds.